The molecule has 1 aliphatic rings. The average molecular weight is 318 g/mol. The van der Waals surface area contributed by atoms with E-state index in [2.05, 4.69) is 15.0 Å². The van der Waals surface area contributed by atoms with Gasteiger partial charge >= 0.3 is 5.65 Å². The number of aliphatic hydroxyl groups is 2. The summed E-state index contributed by atoms with van der Waals surface area (Å²) < 4.78 is 34.8. The predicted octanol–water partition coefficient (Wildman–Crippen LogP) is -1.60. The fourth-order valence-electron chi connectivity index (χ4n) is 2.54. The molecule has 1 fully saturated rings. The average Bonchev–Trinajstić information content (AvgIpc) is 2.93. The molecule has 9 nitrogen and oxygen atoms in total. The monoisotopic (exact) mass is 318 g/mol. The van der Waals surface area contributed by atoms with Gasteiger partial charge in [0.1, 0.15) is 6.61 Å². The lowest BCUT2D eigenvalue weighted by atomic mass is 9.97. The lowest BCUT2D eigenvalue weighted by Crippen LogP contribution is -2.51. The predicted molar refractivity (Wildman–Crippen MR) is 67.9 cm³/mol. The van der Waals surface area contributed by atoms with Crippen LogP contribution in [-0.2, 0) is 4.74 Å². The molecule has 2 aromatic heterocycles. The Morgan fingerprint density at radius 3 is 2.86 bits per heavy atom. The molecule has 0 spiro atoms. The number of fused-ring (bicyclic) bond motifs is 1. The number of nitrogens with zero attached hydrogens (tertiary/aromatic N) is 2. The highest BCUT2D eigenvalue weighted by molar-refractivity contribution is 5.65. The summed E-state index contributed by atoms with van der Waals surface area (Å²) in [4.78, 5) is 20.4. The molecule has 0 saturated carbocycles. The molecule has 11 heteroatoms. The van der Waals surface area contributed by atoms with Crippen molar-refractivity contribution in [3.8, 4) is 0 Å². The maximum atomic E-state index is 14.7. The summed E-state index contributed by atoms with van der Waals surface area (Å²) in [5.41, 5.74) is 2.14. The fourth-order valence-corrected chi connectivity index (χ4v) is 2.54. The van der Waals surface area contributed by atoms with E-state index in [1.165, 1.54) is 0 Å². The Bertz CT molecular complexity index is 790. The number of aromatic nitrogens is 4. The van der Waals surface area contributed by atoms with Crippen molar-refractivity contribution in [2.75, 3.05) is 12.3 Å². The number of rotatable bonds is 2. The molecule has 3 heterocycles. The van der Waals surface area contributed by atoms with E-state index in [9.17, 15) is 18.7 Å². The number of alkyl halides is 2. The van der Waals surface area contributed by atoms with Crippen LogP contribution >= 0.6 is 0 Å². The van der Waals surface area contributed by atoms with Crippen molar-refractivity contribution in [2.45, 2.75) is 30.8 Å². The van der Waals surface area contributed by atoms with Gasteiger partial charge in [-0.2, -0.15) is 0 Å². The van der Waals surface area contributed by atoms with Gasteiger partial charge < -0.3 is 20.7 Å². The minimum atomic E-state index is -2.97. The molecule has 2 aromatic rings. The molecule has 22 heavy (non-hydrogen) atoms. The van der Waals surface area contributed by atoms with Gasteiger partial charge in [-0.25, -0.2) is 13.3 Å². The minimum absolute atomic E-state index is 0.0246. The van der Waals surface area contributed by atoms with Gasteiger partial charge in [-0.05, 0) is 6.92 Å². The molecular formula is C11H14F2N5O4+. The van der Waals surface area contributed by atoms with E-state index in [0.717, 1.165) is 17.8 Å². The molecule has 1 aliphatic heterocycles. The van der Waals surface area contributed by atoms with Crippen molar-refractivity contribution in [3.63, 3.8) is 0 Å². The van der Waals surface area contributed by atoms with Gasteiger partial charge in [-0.15, -0.1) is 0 Å². The zero-order valence-electron chi connectivity index (χ0n) is 11.4. The Kier molecular flexibility index (Phi) is 2.99. The van der Waals surface area contributed by atoms with Gasteiger partial charge in [-0.1, -0.05) is 4.98 Å². The summed E-state index contributed by atoms with van der Waals surface area (Å²) in [7, 11) is 0. The highest BCUT2D eigenvalue weighted by atomic mass is 19.2. The molecule has 120 valence electrons. The highest BCUT2D eigenvalue weighted by Gasteiger charge is 2.65. The molecule has 0 bridgehead atoms. The van der Waals surface area contributed by atoms with Gasteiger partial charge in [0.05, 0.1) is 0 Å². The lowest BCUT2D eigenvalue weighted by molar-refractivity contribution is -0.752. The van der Waals surface area contributed by atoms with Crippen molar-refractivity contribution in [1.82, 2.24) is 15.0 Å². The van der Waals surface area contributed by atoms with Crippen molar-refractivity contribution in [2.24, 2.45) is 0 Å². The Labute approximate surface area is 121 Å². The molecular weight excluding hydrogens is 304 g/mol. The number of H-pyrrole nitrogens is 2. The number of aromatic amines is 2. The molecule has 0 aromatic carbocycles. The summed E-state index contributed by atoms with van der Waals surface area (Å²) in [6.45, 7) is -0.315. The number of halogens is 2. The molecule has 0 radical (unpaired) electrons. The van der Waals surface area contributed by atoms with Crippen LogP contribution in [0.1, 0.15) is 13.2 Å². The SMILES string of the molecule is CC1(F)C([n+]2c[nH]c3c(=O)[nH]c(N)nc32)OC(F)(CO)C1O. The van der Waals surface area contributed by atoms with E-state index >= 15 is 0 Å². The normalized spacial score (nSPS) is 35.3. The third kappa shape index (κ3) is 1.82. The quantitative estimate of drug-likeness (QED) is 0.422. The van der Waals surface area contributed by atoms with Crippen LogP contribution in [0.25, 0.3) is 11.2 Å². The van der Waals surface area contributed by atoms with Crippen molar-refractivity contribution in [1.29, 1.82) is 0 Å². The van der Waals surface area contributed by atoms with Crippen LogP contribution in [0, 0.1) is 0 Å². The Morgan fingerprint density at radius 1 is 1.59 bits per heavy atom. The second kappa shape index (κ2) is 4.44. The molecule has 0 amide bonds. The van der Waals surface area contributed by atoms with Gasteiger partial charge in [-0.3, -0.25) is 14.8 Å². The van der Waals surface area contributed by atoms with Crippen LogP contribution in [0.5, 0.6) is 0 Å². The van der Waals surface area contributed by atoms with Gasteiger partial charge in [0, 0.05) is 0 Å². The topological polar surface area (TPSA) is 141 Å². The molecule has 4 unspecified atom stereocenters. The lowest BCUT2D eigenvalue weighted by Gasteiger charge is -2.22. The first kappa shape index (κ1) is 14.8. The maximum Gasteiger partial charge on any atom is 0.313 e. The van der Waals surface area contributed by atoms with Crippen molar-refractivity contribution < 1.29 is 28.3 Å². The fraction of sp³-hybridized carbons (Fsp3) is 0.545. The maximum absolute atomic E-state index is 14.7. The van der Waals surface area contributed by atoms with Gasteiger partial charge in [0.15, 0.2) is 18.1 Å². The summed E-state index contributed by atoms with van der Waals surface area (Å²) in [5.74, 6) is -3.20. The first-order chi connectivity index (χ1) is 10.2. The number of anilines is 1. The van der Waals surface area contributed by atoms with Crippen LogP contribution in [0.15, 0.2) is 11.1 Å². The Balaban J connectivity index is 2.18. The summed E-state index contributed by atoms with van der Waals surface area (Å²) in [5, 5.41) is 18.8. The first-order valence-corrected chi connectivity index (χ1v) is 6.33. The highest BCUT2D eigenvalue weighted by Crippen LogP contribution is 2.45. The van der Waals surface area contributed by atoms with Crippen molar-refractivity contribution >= 4 is 17.1 Å². The first-order valence-electron chi connectivity index (χ1n) is 6.33. The van der Waals surface area contributed by atoms with Crippen molar-refractivity contribution in [3.05, 3.63) is 16.7 Å². The molecule has 1 saturated heterocycles. The number of aliphatic hydroxyl groups excluding tert-OH is 2. The minimum Gasteiger partial charge on any atom is -0.390 e. The number of nitrogens with one attached hydrogen (secondary N) is 2. The van der Waals surface area contributed by atoms with E-state index < -0.39 is 36.0 Å². The van der Waals surface area contributed by atoms with E-state index in [1.807, 2.05) is 0 Å². The molecule has 6 N–H and O–H groups in total. The third-order valence-corrected chi connectivity index (χ3v) is 3.71. The molecule has 4 atom stereocenters. The zero-order chi connectivity index (χ0) is 16.3. The number of imidazole rings is 1. The second-order valence-corrected chi connectivity index (χ2v) is 5.30. The van der Waals surface area contributed by atoms with Crippen LogP contribution in [-0.4, -0.2) is 49.4 Å². The van der Waals surface area contributed by atoms with E-state index in [-0.39, 0.29) is 17.1 Å². The Morgan fingerprint density at radius 2 is 2.27 bits per heavy atom. The second-order valence-electron chi connectivity index (χ2n) is 5.30. The van der Waals surface area contributed by atoms with E-state index in [4.69, 9.17) is 15.6 Å². The van der Waals surface area contributed by atoms with Crippen LogP contribution in [0.4, 0.5) is 14.7 Å². The third-order valence-electron chi connectivity index (χ3n) is 3.71. The summed E-state index contributed by atoms with van der Waals surface area (Å²) >= 11 is 0. The molecule has 3 rings (SSSR count). The standard InChI is InChI=1S/C11H13F2N5O4/c1-10(12)7(21)11(13,2-19)22-8(10)18-3-15-4-5(18)16-9(14)17-6(4)20/h3,7-8,19,21H,2H2,1H3,(H3,14,16,17,20)/p+1. The van der Waals surface area contributed by atoms with Crippen LogP contribution in [0.2, 0.25) is 0 Å². The zero-order valence-corrected chi connectivity index (χ0v) is 11.4. The van der Waals surface area contributed by atoms with Crippen LogP contribution < -0.4 is 15.9 Å². The number of nitrogens with two attached hydrogens (primary N) is 1. The van der Waals surface area contributed by atoms with E-state index in [1.54, 1.807) is 0 Å². The Hall–Kier alpha value is -2.11. The molecule has 0 aliphatic carbocycles. The number of ether oxygens (including phenoxy) is 1. The number of nitrogen functional groups attached to an aromatic ring is 1. The van der Waals surface area contributed by atoms with Crippen LogP contribution in [0.3, 0.4) is 0 Å². The summed E-state index contributed by atoms with van der Waals surface area (Å²) in [6, 6.07) is 0. The number of hydrogen-bond donors (Lipinski definition) is 5. The van der Waals surface area contributed by atoms with E-state index in [0.29, 0.717) is 0 Å². The number of hydrogen-bond acceptors (Lipinski definition) is 6. The largest absolute Gasteiger partial charge is 0.390 e. The smallest absolute Gasteiger partial charge is 0.313 e. The van der Waals surface area contributed by atoms with Gasteiger partial charge in [0.2, 0.25) is 11.7 Å². The van der Waals surface area contributed by atoms with Gasteiger partial charge in [0.25, 0.3) is 17.4 Å². The summed E-state index contributed by atoms with van der Waals surface area (Å²) in [6.07, 6.45) is -2.75.